The third-order valence-corrected chi connectivity index (χ3v) is 3.04. The summed E-state index contributed by atoms with van der Waals surface area (Å²) < 4.78 is 7.60. The standard InChI is InChI=1S/C14H18N4O/c1-10-3-4-11(14(15)16)9-13(10)19-8-6-12-5-7-17-18(12)2/h3-5,7,9H,6,8H2,1-2H3,(H3,15,16). The minimum atomic E-state index is 0.0523. The number of amidine groups is 1. The number of aryl methyl sites for hydroxylation is 2. The zero-order chi connectivity index (χ0) is 13.8. The highest BCUT2D eigenvalue weighted by atomic mass is 16.5. The fourth-order valence-corrected chi connectivity index (χ4v) is 1.84. The van der Waals surface area contributed by atoms with Gasteiger partial charge in [0, 0.05) is 30.9 Å². The van der Waals surface area contributed by atoms with E-state index in [1.54, 1.807) is 12.3 Å². The predicted octanol–water partition coefficient (Wildman–Crippen LogP) is 1.63. The first-order chi connectivity index (χ1) is 9.08. The number of nitrogens with two attached hydrogens (primary N) is 1. The first-order valence-electron chi connectivity index (χ1n) is 6.12. The van der Waals surface area contributed by atoms with E-state index >= 15 is 0 Å². The molecule has 5 heteroatoms. The quantitative estimate of drug-likeness (QED) is 0.632. The summed E-state index contributed by atoms with van der Waals surface area (Å²) in [5, 5.41) is 11.5. The summed E-state index contributed by atoms with van der Waals surface area (Å²) in [4.78, 5) is 0. The van der Waals surface area contributed by atoms with Gasteiger partial charge < -0.3 is 10.5 Å². The number of aromatic nitrogens is 2. The lowest BCUT2D eigenvalue weighted by Gasteiger charge is -2.10. The van der Waals surface area contributed by atoms with Gasteiger partial charge in [0.1, 0.15) is 11.6 Å². The SMILES string of the molecule is Cc1ccc(C(=N)N)cc1OCCc1ccnn1C. The number of hydrogen-bond donors (Lipinski definition) is 2. The molecule has 0 amide bonds. The van der Waals surface area contributed by atoms with Gasteiger partial charge in [0.05, 0.1) is 6.61 Å². The van der Waals surface area contributed by atoms with Crippen molar-refractivity contribution in [2.24, 2.45) is 12.8 Å². The third kappa shape index (κ3) is 3.13. The molecule has 0 aliphatic heterocycles. The van der Waals surface area contributed by atoms with E-state index in [4.69, 9.17) is 15.9 Å². The number of nitrogens with zero attached hydrogens (tertiary/aromatic N) is 2. The smallest absolute Gasteiger partial charge is 0.122 e. The lowest BCUT2D eigenvalue weighted by Crippen LogP contribution is -2.12. The van der Waals surface area contributed by atoms with Crippen LogP contribution >= 0.6 is 0 Å². The maximum absolute atomic E-state index is 7.43. The maximum Gasteiger partial charge on any atom is 0.122 e. The molecule has 0 atom stereocenters. The maximum atomic E-state index is 7.43. The second-order valence-corrected chi connectivity index (χ2v) is 4.44. The van der Waals surface area contributed by atoms with Gasteiger partial charge in [-0.25, -0.2) is 0 Å². The molecule has 100 valence electrons. The molecule has 1 aromatic heterocycles. The number of nitrogens with one attached hydrogen (secondary N) is 1. The van der Waals surface area contributed by atoms with Crippen LogP contribution in [0.4, 0.5) is 0 Å². The Morgan fingerprint density at radius 2 is 2.21 bits per heavy atom. The van der Waals surface area contributed by atoms with E-state index in [1.807, 2.05) is 36.9 Å². The predicted molar refractivity (Wildman–Crippen MR) is 74.6 cm³/mol. The zero-order valence-electron chi connectivity index (χ0n) is 11.2. The topological polar surface area (TPSA) is 76.9 Å². The van der Waals surface area contributed by atoms with Crippen molar-refractivity contribution in [3.05, 3.63) is 47.3 Å². The van der Waals surface area contributed by atoms with Gasteiger partial charge in [0.25, 0.3) is 0 Å². The van der Waals surface area contributed by atoms with E-state index in [-0.39, 0.29) is 5.84 Å². The number of rotatable bonds is 5. The Morgan fingerprint density at radius 1 is 1.42 bits per heavy atom. The molecule has 1 aromatic carbocycles. The molecule has 0 unspecified atom stereocenters. The van der Waals surface area contributed by atoms with Crippen molar-refractivity contribution in [1.82, 2.24) is 9.78 Å². The summed E-state index contributed by atoms with van der Waals surface area (Å²) in [6.45, 7) is 2.55. The lowest BCUT2D eigenvalue weighted by atomic mass is 10.1. The van der Waals surface area contributed by atoms with Gasteiger partial charge in [-0.3, -0.25) is 10.1 Å². The largest absolute Gasteiger partial charge is 0.493 e. The lowest BCUT2D eigenvalue weighted by molar-refractivity contribution is 0.316. The van der Waals surface area contributed by atoms with Crippen molar-refractivity contribution in [2.45, 2.75) is 13.3 Å². The van der Waals surface area contributed by atoms with Crippen molar-refractivity contribution >= 4 is 5.84 Å². The highest BCUT2D eigenvalue weighted by Crippen LogP contribution is 2.19. The molecule has 0 spiro atoms. The van der Waals surface area contributed by atoms with Crippen molar-refractivity contribution in [3.8, 4) is 5.75 Å². The highest BCUT2D eigenvalue weighted by Gasteiger charge is 2.05. The van der Waals surface area contributed by atoms with Crippen LogP contribution in [-0.4, -0.2) is 22.2 Å². The highest BCUT2D eigenvalue weighted by molar-refractivity contribution is 5.95. The molecule has 2 rings (SSSR count). The van der Waals surface area contributed by atoms with Crippen LogP contribution in [0.1, 0.15) is 16.8 Å². The Balaban J connectivity index is 2.01. The summed E-state index contributed by atoms with van der Waals surface area (Å²) in [5.74, 6) is 0.825. The minimum Gasteiger partial charge on any atom is -0.493 e. The van der Waals surface area contributed by atoms with Crippen LogP contribution in [0.2, 0.25) is 0 Å². The number of nitrogen functional groups attached to an aromatic ring is 1. The van der Waals surface area contributed by atoms with Crippen molar-refractivity contribution in [3.63, 3.8) is 0 Å². The first-order valence-corrected chi connectivity index (χ1v) is 6.12. The van der Waals surface area contributed by atoms with E-state index in [9.17, 15) is 0 Å². The second kappa shape index (κ2) is 5.56. The summed E-state index contributed by atoms with van der Waals surface area (Å²) in [5.41, 5.74) is 8.32. The fraction of sp³-hybridized carbons (Fsp3) is 0.286. The van der Waals surface area contributed by atoms with Gasteiger partial charge in [-0.1, -0.05) is 12.1 Å². The van der Waals surface area contributed by atoms with Gasteiger partial charge in [-0.15, -0.1) is 0 Å². The van der Waals surface area contributed by atoms with Gasteiger partial charge in [-0.2, -0.15) is 5.10 Å². The molecule has 0 saturated heterocycles. The van der Waals surface area contributed by atoms with Crippen LogP contribution in [0.3, 0.4) is 0 Å². The van der Waals surface area contributed by atoms with E-state index in [0.29, 0.717) is 12.2 Å². The minimum absolute atomic E-state index is 0.0523. The van der Waals surface area contributed by atoms with Crippen molar-refractivity contribution in [1.29, 1.82) is 5.41 Å². The molecule has 0 aliphatic carbocycles. The van der Waals surface area contributed by atoms with E-state index in [2.05, 4.69) is 5.10 Å². The average molecular weight is 258 g/mol. The molecule has 2 aromatic rings. The molecule has 5 nitrogen and oxygen atoms in total. The van der Waals surface area contributed by atoms with Crippen molar-refractivity contribution < 1.29 is 4.74 Å². The monoisotopic (exact) mass is 258 g/mol. The third-order valence-electron chi connectivity index (χ3n) is 3.04. The van der Waals surface area contributed by atoms with Crippen molar-refractivity contribution in [2.75, 3.05) is 6.61 Å². The van der Waals surface area contributed by atoms with Gasteiger partial charge in [0.2, 0.25) is 0 Å². The van der Waals surface area contributed by atoms with Gasteiger partial charge in [0.15, 0.2) is 0 Å². The first kappa shape index (κ1) is 13.1. The zero-order valence-corrected chi connectivity index (χ0v) is 11.2. The fourth-order valence-electron chi connectivity index (χ4n) is 1.84. The Hall–Kier alpha value is -2.30. The van der Waals surface area contributed by atoms with Crippen LogP contribution < -0.4 is 10.5 Å². The average Bonchev–Trinajstić information content (AvgIpc) is 2.77. The van der Waals surface area contributed by atoms with E-state index in [1.165, 1.54) is 0 Å². The molecular formula is C14H18N4O. The Kier molecular flexibility index (Phi) is 3.85. The normalized spacial score (nSPS) is 10.4. The Bertz CT molecular complexity index is 589. The van der Waals surface area contributed by atoms with Gasteiger partial charge in [-0.05, 0) is 24.6 Å². The number of ether oxygens (including phenoxy) is 1. The van der Waals surface area contributed by atoms with Crippen LogP contribution in [0.15, 0.2) is 30.5 Å². The van der Waals surface area contributed by atoms with E-state index < -0.39 is 0 Å². The summed E-state index contributed by atoms with van der Waals surface area (Å²) in [6, 6.07) is 7.52. The van der Waals surface area contributed by atoms with Gasteiger partial charge >= 0.3 is 0 Å². The van der Waals surface area contributed by atoms with Crippen LogP contribution in [-0.2, 0) is 13.5 Å². The molecule has 0 bridgehead atoms. The summed E-state index contributed by atoms with van der Waals surface area (Å²) in [7, 11) is 1.91. The molecular weight excluding hydrogens is 240 g/mol. The second-order valence-electron chi connectivity index (χ2n) is 4.44. The molecule has 0 fully saturated rings. The summed E-state index contributed by atoms with van der Waals surface area (Å²) in [6.07, 6.45) is 2.57. The molecule has 0 saturated carbocycles. The number of benzene rings is 1. The molecule has 0 aliphatic rings. The van der Waals surface area contributed by atoms with Crippen LogP contribution in [0, 0.1) is 12.3 Å². The number of hydrogen-bond acceptors (Lipinski definition) is 3. The van der Waals surface area contributed by atoms with Crippen LogP contribution in [0.5, 0.6) is 5.75 Å². The van der Waals surface area contributed by atoms with Crippen LogP contribution in [0.25, 0.3) is 0 Å². The Labute approximate surface area is 112 Å². The summed E-state index contributed by atoms with van der Waals surface area (Å²) >= 11 is 0. The molecule has 3 N–H and O–H groups in total. The molecule has 1 heterocycles. The molecule has 0 radical (unpaired) electrons. The van der Waals surface area contributed by atoms with E-state index in [0.717, 1.165) is 23.4 Å². The Morgan fingerprint density at radius 3 is 2.84 bits per heavy atom. The molecule has 19 heavy (non-hydrogen) atoms.